The highest BCUT2D eigenvalue weighted by molar-refractivity contribution is 6.31. The van der Waals surface area contributed by atoms with Crippen LogP contribution in [0.25, 0.3) is 0 Å². The second-order valence-corrected chi connectivity index (χ2v) is 5.21. The van der Waals surface area contributed by atoms with Gasteiger partial charge >= 0.3 is 0 Å². The molecule has 6 heteroatoms. The second-order valence-electron chi connectivity index (χ2n) is 4.77. The van der Waals surface area contributed by atoms with Crippen molar-refractivity contribution >= 4 is 29.0 Å². The van der Waals surface area contributed by atoms with Crippen molar-refractivity contribution in [1.29, 1.82) is 0 Å². The Morgan fingerprint density at radius 3 is 2.48 bits per heavy atom. The van der Waals surface area contributed by atoms with Crippen LogP contribution in [0.4, 0.5) is 14.5 Å². The molecule has 0 radical (unpaired) electrons. The highest BCUT2D eigenvalue weighted by atomic mass is 35.5. The van der Waals surface area contributed by atoms with Gasteiger partial charge in [-0.15, -0.1) is 0 Å². The molecule has 0 bridgehead atoms. The Morgan fingerprint density at radius 2 is 1.78 bits per heavy atom. The third-order valence-electron chi connectivity index (χ3n) is 3.05. The van der Waals surface area contributed by atoms with Crippen LogP contribution in [-0.2, 0) is 4.79 Å². The molecular formula is C17H12ClF2NO2. The number of nitrogens with one attached hydrogen (secondary N) is 1. The van der Waals surface area contributed by atoms with Crippen molar-refractivity contribution in [2.75, 3.05) is 5.32 Å². The molecule has 0 saturated heterocycles. The van der Waals surface area contributed by atoms with Crippen molar-refractivity contribution in [3.63, 3.8) is 0 Å². The lowest BCUT2D eigenvalue weighted by Gasteiger charge is -2.06. The normalized spacial score (nSPS) is 10.8. The number of rotatable bonds is 4. The zero-order chi connectivity index (χ0) is 17.0. The molecule has 2 aromatic carbocycles. The van der Waals surface area contributed by atoms with Crippen LogP contribution in [0.3, 0.4) is 0 Å². The molecule has 0 aromatic heterocycles. The molecule has 23 heavy (non-hydrogen) atoms. The molecule has 0 unspecified atom stereocenters. The van der Waals surface area contributed by atoms with E-state index in [1.807, 2.05) is 0 Å². The van der Waals surface area contributed by atoms with E-state index in [4.69, 9.17) is 11.6 Å². The summed E-state index contributed by atoms with van der Waals surface area (Å²) in [5.74, 6) is -3.31. The monoisotopic (exact) mass is 335 g/mol. The lowest BCUT2D eigenvalue weighted by Crippen LogP contribution is -2.10. The number of halogens is 3. The first-order valence-corrected chi connectivity index (χ1v) is 6.99. The number of allylic oxidation sites excluding steroid dienone is 1. The Labute approximate surface area is 136 Å². The topological polar surface area (TPSA) is 46.2 Å². The van der Waals surface area contributed by atoms with Crippen LogP contribution >= 0.6 is 11.6 Å². The first-order chi connectivity index (χ1) is 10.9. The second kappa shape index (κ2) is 7.15. The summed E-state index contributed by atoms with van der Waals surface area (Å²) in [6.45, 7) is 1.79. The molecule has 0 spiro atoms. The van der Waals surface area contributed by atoms with Gasteiger partial charge in [0, 0.05) is 22.3 Å². The van der Waals surface area contributed by atoms with E-state index in [0.717, 1.165) is 35.9 Å². The van der Waals surface area contributed by atoms with Gasteiger partial charge in [-0.05, 0) is 48.9 Å². The Kier molecular flexibility index (Phi) is 5.24. The van der Waals surface area contributed by atoms with Gasteiger partial charge < -0.3 is 5.32 Å². The molecule has 2 rings (SSSR count). The third-order valence-corrected chi connectivity index (χ3v) is 3.28. The van der Waals surface area contributed by atoms with Crippen LogP contribution in [0.15, 0.2) is 48.6 Å². The number of hydrogen-bond acceptors (Lipinski definition) is 2. The maximum atomic E-state index is 13.1. The Balaban J connectivity index is 2.07. The van der Waals surface area contributed by atoms with E-state index in [0.29, 0.717) is 10.7 Å². The van der Waals surface area contributed by atoms with Gasteiger partial charge in [-0.25, -0.2) is 8.78 Å². The number of hydrogen-bond donors (Lipinski definition) is 1. The van der Waals surface area contributed by atoms with Crippen LogP contribution < -0.4 is 5.32 Å². The lowest BCUT2D eigenvalue weighted by atomic mass is 10.1. The van der Waals surface area contributed by atoms with E-state index in [9.17, 15) is 18.4 Å². The smallest absolute Gasteiger partial charge is 0.248 e. The molecule has 1 amide bonds. The molecule has 0 aliphatic rings. The molecular weight excluding hydrogens is 324 g/mol. The fourth-order valence-electron chi connectivity index (χ4n) is 1.80. The van der Waals surface area contributed by atoms with E-state index in [-0.39, 0.29) is 5.56 Å². The van der Waals surface area contributed by atoms with E-state index >= 15 is 0 Å². The van der Waals surface area contributed by atoms with Gasteiger partial charge in [0.1, 0.15) is 0 Å². The molecule has 0 fully saturated rings. The standard InChI is InChI=1S/C17H12ClF2NO2/c1-10-2-4-12(18)9-15(10)21-17(23)7-6-16(22)11-3-5-13(19)14(20)8-11/h2-9H,1H3,(H,21,23)/b7-6+. The lowest BCUT2D eigenvalue weighted by molar-refractivity contribution is -0.111. The van der Waals surface area contributed by atoms with Crippen LogP contribution in [0.5, 0.6) is 0 Å². The first kappa shape index (κ1) is 16.8. The fourth-order valence-corrected chi connectivity index (χ4v) is 1.97. The summed E-state index contributed by atoms with van der Waals surface area (Å²) < 4.78 is 25.9. The highest BCUT2D eigenvalue weighted by Crippen LogP contribution is 2.20. The van der Waals surface area contributed by atoms with Gasteiger partial charge in [0.05, 0.1) is 0 Å². The number of carbonyl (C=O) groups is 2. The predicted octanol–water partition coefficient (Wildman–Crippen LogP) is 4.30. The van der Waals surface area contributed by atoms with Gasteiger partial charge in [-0.2, -0.15) is 0 Å². The van der Waals surface area contributed by atoms with E-state index in [1.54, 1.807) is 25.1 Å². The number of benzene rings is 2. The number of aryl methyl sites for hydroxylation is 1. The Bertz CT molecular complexity index is 803. The Hall–Kier alpha value is -2.53. The summed E-state index contributed by atoms with van der Waals surface area (Å²) in [7, 11) is 0. The largest absolute Gasteiger partial charge is 0.322 e. The van der Waals surface area contributed by atoms with Gasteiger partial charge in [-0.1, -0.05) is 17.7 Å². The van der Waals surface area contributed by atoms with Crippen LogP contribution in [0.1, 0.15) is 15.9 Å². The number of ketones is 1. The molecule has 0 atom stereocenters. The zero-order valence-corrected chi connectivity index (χ0v) is 12.8. The van der Waals surface area contributed by atoms with E-state index < -0.39 is 23.3 Å². The maximum Gasteiger partial charge on any atom is 0.248 e. The summed E-state index contributed by atoms with van der Waals surface area (Å²) in [6, 6.07) is 7.79. The average molecular weight is 336 g/mol. The average Bonchev–Trinajstić information content (AvgIpc) is 2.51. The van der Waals surface area contributed by atoms with Crippen molar-refractivity contribution in [3.8, 4) is 0 Å². The summed E-state index contributed by atoms with van der Waals surface area (Å²) in [6.07, 6.45) is 2.01. The third kappa shape index (κ3) is 4.47. The molecule has 2 aromatic rings. The van der Waals surface area contributed by atoms with Gasteiger partial charge in [0.15, 0.2) is 17.4 Å². The van der Waals surface area contributed by atoms with Gasteiger partial charge in [-0.3, -0.25) is 9.59 Å². The zero-order valence-electron chi connectivity index (χ0n) is 12.1. The first-order valence-electron chi connectivity index (χ1n) is 6.61. The highest BCUT2D eigenvalue weighted by Gasteiger charge is 2.08. The minimum atomic E-state index is -1.12. The quantitative estimate of drug-likeness (QED) is 0.668. The molecule has 0 aliphatic heterocycles. The summed E-state index contributed by atoms with van der Waals surface area (Å²) in [4.78, 5) is 23.6. The molecule has 0 heterocycles. The van der Waals surface area contributed by atoms with E-state index in [2.05, 4.69) is 5.32 Å². The van der Waals surface area contributed by atoms with Crippen LogP contribution in [-0.4, -0.2) is 11.7 Å². The van der Waals surface area contributed by atoms with Crippen molar-refractivity contribution in [1.82, 2.24) is 0 Å². The minimum Gasteiger partial charge on any atom is -0.322 e. The predicted molar refractivity (Wildman–Crippen MR) is 84.6 cm³/mol. The van der Waals surface area contributed by atoms with Crippen molar-refractivity contribution < 1.29 is 18.4 Å². The molecule has 3 nitrogen and oxygen atoms in total. The number of amides is 1. The maximum absolute atomic E-state index is 13.1. The molecule has 0 saturated carbocycles. The summed E-state index contributed by atoms with van der Waals surface area (Å²) >= 11 is 5.85. The van der Waals surface area contributed by atoms with Crippen molar-refractivity contribution in [2.45, 2.75) is 6.92 Å². The Morgan fingerprint density at radius 1 is 1.04 bits per heavy atom. The van der Waals surface area contributed by atoms with Gasteiger partial charge in [0.2, 0.25) is 5.91 Å². The number of carbonyl (C=O) groups excluding carboxylic acids is 2. The fraction of sp³-hybridized carbons (Fsp3) is 0.0588. The molecule has 0 aliphatic carbocycles. The van der Waals surface area contributed by atoms with Crippen LogP contribution in [0, 0.1) is 18.6 Å². The summed E-state index contributed by atoms with van der Waals surface area (Å²) in [5, 5.41) is 3.05. The molecule has 118 valence electrons. The number of anilines is 1. The van der Waals surface area contributed by atoms with Crippen LogP contribution in [0.2, 0.25) is 5.02 Å². The molecule has 1 N–H and O–H groups in total. The summed E-state index contributed by atoms with van der Waals surface area (Å²) in [5.41, 5.74) is 1.28. The SMILES string of the molecule is Cc1ccc(Cl)cc1NC(=O)/C=C/C(=O)c1ccc(F)c(F)c1. The van der Waals surface area contributed by atoms with Crippen molar-refractivity contribution in [3.05, 3.63) is 76.3 Å². The van der Waals surface area contributed by atoms with Crippen molar-refractivity contribution in [2.24, 2.45) is 0 Å². The van der Waals surface area contributed by atoms with Gasteiger partial charge in [0.25, 0.3) is 0 Å². The van der Waals surface area contributed by atoms with E-state index in [1.165, 1.54) is 0 Å². The minimum absolute atomic E-state index is 0.0492.